The SMILES string of the molecule is Cc1cc2[nH]ncc2c2c1[C@H]1C[C@H]1CCOC[C@H]1CN(CCO1)c1nc(OC[C@@]34CCCN3C[C@H](F)C4)nc3c(F)c-2ncc13. The van der Waals surface area contributed by atoms with Gasteiger partial charge in [0.25, 0.3) is 0 Å². The Hall–Kier alpha value is -3.48. The van der Waals surface area contributed by atoms with E-state index in [9.17, 15) is 4.39 Å². The monoisotopic (exact) mass is 617 g/mol. The lowest BCUT2D eigenvalue weighted by Crippen LogP contribution is -2.45. The number of aryl methyl sites for hydroxylation is 1. The van der Waals surface area contributed by atoms with Crippen LogP contribution in [0.25, 0.3) is 33.1 Å². The van der Waals surface area contributed by atoms with Gasteiger partial charge >= 0.3 is 6.01 Å². The van der Waals surface area contributed by atoms with Crippen molar-refractivity contribution in [3.63, 3.8) is 0 Å². The number of ether oxygens (including phenoxy) is 3. The van der Waals surface area contributed by atoms with Crippen molar-refractivity contribution >= 4 is 27.6 Å². The number of hydrogen-bond acceptors (Lipinski definition) is 9. The van der Waals surface area contributed by atoms with Gasteiger partial charge in [0.1, 0.15) is 29.8 Å². The molecule has 4 aromatic rings. The number of H-pyrrole nitrogens is 1. The summed E-state index contributed by atoms with van der Waals surface area (Å²) in [6, 6.07) is 2.19. The number of hydrogen-bond donors (Lipinski definition) is 1. The molecule has 0 radical (unpaired) electrons. The summed E-state index contributed by atoms with van der Waals surface area (Å²) in [4.78, 5) is 18.6. The number of aromatic amines is 1. The minimum Gasteiger partial charge on any atom is -0.461 e. The van der Waals surface area contributed by atoms with Crippen LogP contribution in [0.1, 0.15) is 49.1 Å². The minimum absolute atomic E-state index is 0.0951. The molecule has 6 bridgehead atoms. The smallest absolute Gasteiger partial charge is 0.319 e. The number of nitrogens with zero attached hydrogens (tertiary/aromatic N) is 6. The van der Waals surface area contributed by atoms with Crippen LogP contribution in [0.5, 0.6) is 6.01 Å². The molecule has 10 nitrogen and oxygen atoms in total. The Labute approximate surface area is 259 Å². The Morgan fingerprint density at radius 1 is 1.16 bits per heavy atom. The number of nitrogens with one attached hydrogen (secondary N) is 1. The van der Waals surface area contributed by atoms with Crippen LogP contribution in [-0.4, -0.2) is 100 Å². The first-order valence-electron chi connectivity index (χ1n) is 16.3. The predicted molar refractivity (Wildman–Crippen MR) is 164 cm³/mol. The fourth-order valence-corrected chi connectivity index (χ4v) is 8.51. The maximum atomic E-state index is 17.1. The van der Waals surface area contributed by atoms with Crippen LogP contribution >= 0.6 is 0 Å². The molecule has 1 saturated carbocycles. The van der Waals surface area contributed by atoms with Crippen molar-refractivity contribution in [1.29, 1.82) is 0 Å². The summed E-state index contributed by atoms with van der Waals surface area (Å²) in [7, 11) is 0. The summed E-state index contributed by atoms with van der Waals surface area (Å²) in [5.41, 5.74) is 3.86. The maximum absolute atomic E-state index is 17.1. The predicted octanol–water partition coefficient (Wildman–Crippen LogP) is 4.70. The molecule has 45 heavy (non-hydrogen) atoms. The molecule has 6 aliphatic rings. The summed E-state index contributed by atoms with van der Waals surface area (Å²) < 4.78 is 50.1. The van der Waals surface area contributed by atoms with Crippen molar-refractivity contribution in [2.24, 2.45) is 5.92 Å². The van der Waals surface area contributed by atoms with Crippen molar-refractivity contribution in [2.75, 3.05) is 57.5 Å². The molecule has 3 saturated heterocycles. The number of anilines is 1. The second-order valence-corrected chi connectivity index (χ2v) is 13.6. The van der Waals surface area contributed by atoms with Crippen molar-refractivity contribution in [3.8, 4) is 17.3 Å². The van der Waals surface area contributed by atoms with Crippen LogP contribution < -0.4 is 9.64 Å². The van der Waals surface area contributed by atoms with Crippen molar-refractivity contribution in [1.82, 2.24) is 30.0 Å². The summed E-state index contributed by atoms with van der Waals surface area (Å²) in [5.74, 6) is 0.797. The van der Waals surface area contributed by atoms with Crippen LogP contribution in [0, 0.1) is 18.7 Å². The first kappa shape index (κ1) is 27.8. The van der Waals surface area contributed by atoms with Crippen LogP contribution in [0.3, 0.4) is 0 Å². The molecule has 0 amide bonds. The third-order valence-electron chi connectivity index (χ3n) is 10.8. The second kappa shape index (κ2) is 10.5. The van der Waals surface area contributed by atoms with E-state index < -0.39 is 12.0 Å². The first-order valence-corrected chi connectivity index (χ1v) is 16.3. The van der Waals surface area contributed by atoms with Gasteiger partial charge in [-0.05, 0) is 68.2 Å². The summed E-state index contributed by atoms with van der Waals surface area (Å²) in [5, 5.41) is 8.74. The van der Waals surface area contributed by atoms with E-state index in [0.29, 0.717) is 63.0 Å². The summed E-state index contributed by atoms with van der Waals surface area (Å²) in [6.07, 6.45) is 6.69. The highest BCUT2D eigenvalue weighted by molar-refractivity contribution is 6.00. The summed E-state index contributed by atoms with van der Waals surface area (Å²) in [6.45, 7) is 6.37. The van der Waals surface area contributed by atoms with Crippen LogP contribution in [0.15, 0.2) is 18.5 Å². The van der Waals surface area contributed by atoms with E-state index in [1.165, 1.54) is 0 Å². The zero-order valence-corrected chi connectivity index (χ0v) is 25.4. The number of benzene rings is 1. The first-order chi connectivity index (χ1) is 22.0. The van der Waals surface area contributed by atoms with Gasteiger partial charge in [0.2, 0.25) is 0 Å². The highest BCUT2D eigenvalue weighted by Crippen LogP contribution is 2.54. The fraction of sp³-hybridized carbons (Fsp3) is 0.576. The van der Waals surface area contributed by atoms with Gasteiger partial charge in [0, 0.05) is 49.8 Å². The van der Waals surface area contributed by atoms with E-state index in [1.807, 2.05) is 0 Å². The van der Waals surface area contributed by atoms with E-state index in [2.05, 4.69) is 33.0 Å². The van der Waals surface area contributed by atoms with Crippen LogP contribution in [0.2, 0.25) is 0 Å². The molecule has 236 valence electrons. The van der Waals surface area contributed by atoms with Gasteiger partial charge in [-0.2, -0.15) is 15.1 Å². The minimum atomic E-state index is -0.873. The molecule has 1 aromatic carbocycles. The average Bonchev–Trinajstić information content (AvgIpc) is 3.28. The number of alkyl halides is 1. The second-order valence-electron chi connectivity index (χ2n) is 13.6. The van der Waals surface area contributed by atoms with Crippen molar-refractivity contribution in [3.05, 3.63) is 35.4 Å². The molecule has 0 unspecified atom stereocenters. The number of halogens is 2. The number of fused-ring (bicyclic) bond motifs is 6. The molecular formula is C33H37F2N7O3. The van der Waals surface area contributed by atoms with Gasteiger partial charge in [0.05, 0.1) is 42.0 Å². The van der Waals surface area contributed by atoms with E-state index in [0.717, 1.165) is 59.8 Å². The number of aromatic nitrogens is 5. The lowest BCUT2D eigenvalue weighted by molar-refractivity contribution is -0.0248. The van der Waals surface area contributed by atoms with E-state index in [-0.39, 0.29) is 41.4 Å². The molecule has 5 atom stereocenters. The van der Waals surface area contributed by atoms with Crippen LogP contribution in [0.4, 0.5) is 14.6 Å². The highest BCUT2D eigenvalue weighted by Gasteiger charge is 2.49. The maximum Gasteiger partial charge on any atom is 0.319 e. The Bertz CT molecular complexity index is 1800. The van der Waals surface area contributed by atoms with Gasteiger partial charge in [-0.3, -0.25) is 15.0 Å². The van der Waals surface area contributed by atoms with E-state index >= 15 is 4.39 Å². The zero-order chi connectivity index (χ0) is 30.3. The molecule has 10 rings (SSSR count). The molecule has 1 N–H and O–H groups in total. The summed E-state index contributed by atoms with van der Waals surface area (Å²) >= 11 is 0. The molecule has 8 heterocycles. The fourth-order valence-electron chi connectivity index (χ4n) is 8.51. The Morgan fingerprint density at radius 2 is 2.09 bits per heavy atom. The normalized spacial score (nSPS) is 29.8. The standard InChI is InChI=1S/C33H37F2N7O3/c1-18-9-25-23(13-37-40-25)27-26(18)22-10-19(22)3-7-43-16-21-15-41(6-8-44-21)31-24-12-36-30(27)28(35)29(24)38-32(39-31)45-17-33-4-2-5-42(33)14-20(34)11-33/h9,12-13,19-22H,2-8,10-11,14-17H2,1H3,(H,37,40)/t19-,20-,21-,22+,33+/m1/s1. The topological polar surface area (TPSA) is 102 Å². The molecule has 1 aliphatic carbocycles. The number of pyridine rings is 1. The largest absolute Gasteiger partial charge is 0.461 e. The number of rotatable bonds is 3. The van der Waals surface area contributed by atoms with Gasteiger partial charge in [0.15, 0.2) is 5.82 Å². The molecule has 4 fully saturated rings. The molecule has 3 aromatic heterocycles. The third-order valence-corrected chi connectivity index (χ3v) is 10.8. The molecule has 5 aliphatic heterocycles. The zero-order valence-electron chi connectivity index (χ0n) is 25.4. The Balaban J connectivity index is 1.21. The molecular weight excluding hydrogens is 580 g/mol. The molecule has 0 spiro atoms. The Kier molecular flexibility index (Phi) is 6.51. The van der Waals surface area contributed by atoms with Gasteiger partial charge < -0.3 is 19.1 Å². The van der Waals surface area contributed by atoms with E-state index in [4.69, 9.17) is 29.2 Å². The van der Waals surface area contributed by atoms with E-state index in [1.54, 1.807) is 12.4 Å². The quantitative estimate of drug-likeness (QED) is 0.351. The van der Waals surface area contributed by atoms with Crippen molar-refractivity contribution in [2.45, 2.75) is 62.8 Å². The van der Waals surface area contributed by atoms with Crippen LogP contribution in [-0.2, 0) is 9.47 Å². The molecule has 12 heteroatoms. The lowest BCUT2D eigenvalue weighted by atomic mass is 9.91. The van der Waals surface area contributed by atoms with Gasteiger partial charge in [-0.1, -0.05) is 0 Å². The highest BCUT2D eigenvalue weighted by atomic mass is 19.1. The van der Waals surface area contributed by atoms with Gasteiger partial charge in [-0.15, -0.1) is 0 Å². The van der Waals surface area contributed by atoms with Gasteiger partial charge in [-0.25, -0.2) is 8.78 Å². The average molecular weight is 618 g/mol. The lowest BCUT2D eigenvalue weighted by Gasteiger charge is -2.34. The third kappa shape index (κ3) is 4.58. The Morgan fingerprint density at radius 3 is 3.02 bits per heavy atom. The van der Waals surface area contributed by atoms with Crippen molar-refractivity contribution < 1.29 is 23.0 Å². The number of morpholine rings is 1.